The van der Waals surface area contributed by atoms with Crippen LogP contribution in [0.2, 0.25) is 0 Å². The van der Waals surface area contributed by atoms with Crippen LogP contribution in [0, 0.1) is 12.8 Å². The highest BCUT2D eigenvalue weighted by Crippen LogP contribution is 2.17. The Morgan fingerprint density at radius 1 is 0.821 bits per heavy atom. The van der Waals surface area contributed by atoms with Crippen LogP contribution in [0.25, 0.3) is 0 Å². The maximum absolute atomic E-state index is 13.4. The van der Waals surface area contributed by atoms with Gasteiger partial charge in [-0.1, -0.05) is 74.9 Å². The van der Waals surface area contributed by atoms with Crippen molar-refractivity contribution in [1.29, 1.82) is 0 Å². The molecule has 3 amide bonds. The molecular weight excluding hydrogens is 486 g/mol. The molecule has 0 aromatic heterocycles. The average molecular weight is 528 g/mol. The molecule has 0 fully saturated rings. The van der Waals surface area contributed by atoms with Crippen molar-refractivity contribution in [2.45, 2.75) is 59.4 Å². The molecule has 0 aliphatic heterocycles. The lowest BCUT2D eigenvalue weighted by atomic mass is 9.95. The second kappa shape index (κ2) is 14.9. The largest absolute Gasteiger partial charge is 0.349 e. The predicted molar refractivity (Wildman–Crippen MR) is 158 cm³/mol. The summed E-state index contributed by atoms with van der Waals surface area (Å²) in [6.45, 7) is 9.35. The molecule has 0 bridgehead atoms. The first-order chi connectivity index (χ1) is 18.8. The van der Waals surface area contributed by atoms with Crippen LogP contribution in [0.1, 0.15) is 71.9 Å². The number of hydrogen-bond acceptors (Lipinski definition) is 3. The highest BCUT2D eigenvalue weighted by Gasteiger charge is 2.23. The Morgan fingerprint density at radius 3 is 2.10 bits per heavy atom. The molecule has 3 rings (SSSR count). The van der Waals surface area contributed by atoms with Crippen LogP contribution in [0.15, 0.2) is 78.9 Å². The number of benzene rings is 3. The van der Waals surface area contributed by atoms with Gasteiger partial charge in [-0.2, -0.15) is 0 Å². The number of nitrogens with one attached hydrogen (secondary N) is 2. The number of carbonyl (C=O) groups is 3. The Labute approximate surface area is 232 Å². The minimum Gasteiger partial charge on any atom is -0.349 e. The minimum atomic E-state index is -0.329. The van der Waals surface area contributed by atoms with Gasteiger partial charge in [0.15, 0.2) is 0 Å². The van der Waals surface area contributed by atoms with Crippen LogP contribution in [-0.4, -0.2) is 41.8 Å². The molecule has 3 aromatic carbocycles. The van der Waals surface area contributed by atoms with Crippen molar-refractivity contribution in [3.63, 3.8) is 0 Å². The summed E-state index contributed by atoms with van der Waals surface area (Å²) < 4.78 is 0. The maximum Gasteiger partial charge on any atom is 0.253 e. The van der Waals surface area contributed by atoms with Gasteiger partial charge in [-0.3, -0.25) is 14.4 Å². The summed E-state index contributed by atoms with van der Waals surface area (Å²) in [5, 5.41) is 6.12. The molecular formula is C33H41N3O3. The molecule has 0 saturated carbocycles. The summed E-state index contributed by atoms with van der Waals surface area (Å²) in [4.78, 5) is 41.3. The van der Waals surface area contributed by atoms with Crippen molar-refractivity contribution in [2.24, 2.45) is 5.92 Å². The third-order valence-corrected chi connectivity index (χ3v) is 6.71. The molecule has 1 unspecified atom stereocenters. The summed E-state index contributed by atoms with van der Waals surface area (Å²) in [6.07, 6.45) is 2.82. The van der Waals surface area contributed by atoms with Crippen molar-refractivity contribution in [1.82, 2.24) is 10.2 Å². The zero-order valence-corrected chi connectivity index (χ0v) is 23.6. The van der Waals surface area contributed by atoms with Gasteiger partial charge in [-0.15, -0.1) is 0 Å². The van der Waals surface area contributed by atoms with Crippen molar-refractivity contribution < 1.29 is 14.4 Å². The second-order valence-corrected chi connectivity index (χ2v) is 10.2. The fourth-order valence-corrected chi connectivity index (χ4v) is 4.63. The summed E-state index contributed by atoms with van der Waals surface area (Å²) in [5.74, 6) is -0.736. The molecule has 2 atom stereocenters. The number of nitrogens with zero attached hydrogens (tertiary/aromatic N) is 1. The number of carbonyl (C=O) groups excluding carboxylic acids is 3. The van der Waals surface area contributed by atoms with Crippen LogP contribution in [-0.2, 0) is 11.2 Å². The first-order valence-electron chi connectivity index (χ1n) is 13.9. The highest BCUT2D eigenvalue weighted by atomic mass is 16.2. The third-order valence-electron chi connectivity index (χ3n) is 6.71. The van der Waals surface area contributed by atoms with Crippen LogP contribution in [0.3, 0.4) is 0 Å². The fraction of sp³-hybridized carbons (Fsp3) is 0.364. The molecule has 0 aliphatic carbocycles. The Balaban J connectivity index is 1.74. The van der Waals surface area contributed by atoms with E-state index in [1.54, 1.807) is 24.3 Å². The van der Waals surface area contributed by atoms with Gasteiger partial charge < -0.3 is 15.5 Å². The van der Waals surface area contributed by atoms with Crippen LogP contribution in [0.5, 0.6) is 0 Å². The molecule has 2 N–H and O–H groups in total. The number of hydrogen-bond donors (Lipinski definition) is 2. The maximum atomic E-state index is 13.4. The lowest BCUT2D eigenvalue weighted by Gasteiger charge is -2.23. The van der Waals surface area contributed by atoms with E-state index in [0.29, 0.717) is 37.1 Å². The number of amides is 3. The van der Waals surface area contributed by atoms with E-state index in [4.69, 9.17) is 0 Å². The van der Waals surface area contributed by atoms with E-state index in [2.05, 4.69) is 24.5 Å². The first-order valence-corrected chi connectivity index (χ1v) is 13.9. The predicted octanol–water partition coefficient (Wildman–Crippen LogP) is 6.26. The van der Waals surface area contributed by atoms with E-state index >= 15 is 0 Å². The quantitative estimate of drug-likeness (QED) is 0.275. The van der Waals surface area contributed by atoms with Gasteiger partial charge >= 0.3 is 0 Å². The molecule has 0 heterocycles. The second-order valence-electron chi connectivity index (χ2n) is 10.2. The minimum absolute atomic E-state index is 0.0596. The molecule has 3 aromatic rings. The van der Waals surface area contributed by atoms with E-state index in [1.807, 2.05) is 73.3 Å². The standard InChI is InChI=1S/C33H41N3O3/c1-5-19-36(20-6-2)33(39)28-14-10-13-27(23-28)32(38)35-30(22-26-11-8-7-9-12-26)21-25(4)31(37)34-29-17-15-24(3)16-18-29/h7-18,23,25,30H,5-6,19-22H2,1-4H3,(H,34,37)(H,35,38)/t25?,30-/m1/s1. The third kappa shape index (κ3) is 9.10. The Hall–Kier alpha value is -3.93. The number of rotatable bonds is 13. The van der Waals surface area contributed by atoms with E-state index in [1.165, 1.54) is 0 Å². The average Bonchev–Trinajstić information content (AvgIpc) is 2.94. The van der Waals surface area contributed by atoms with Gasteiger partial charge in [0.25, 0.3) is 11.8 Å². The van der Waals surface area contributed by atoms with Crippen molar-refractivity contribution in [2.75, 3.05) is 18.4 Å². The highest BCUT2D eigenvalue weighted by molar-refractivity contribution is 6.00. The topological polar surface area (TPSA) is 78.5 Å². The molecule has 0 saturated heterocycles. The summed E-state index contributed by atoms with van der Waals surface area (Å²) >= 11 is 0. The Kier molecular flexibility index (Phi) is 11.3. The molecule has 6 nitrogen and oxygen atoms in total. The van der Waals surface area contributed by atoms with E-state index in [9.17, 15) is 14.4 Å². The molecule has 0 spiro atoms. The normalized spacial score (nSPS) is 12.3. The SMILES string of the molecule is CCCN(CCC)C(=O)c1cccc(C(=O)N[C@@H](Cc2ccccc2)CC(C)C(=O)Nc2ccc(C)cc2)c1. The van der Waals surface area contributed by atoms with Crippen molar-refractivity contribution in [3.05, 3.63) is 101 Å². The smallest absolute Gasteiger partial charge is 0.253 e. The van der Waals surface area contributed by atoms with Crippen LogP contribution in [0.4, 0.5) is 5.69 Å². The van der Waals surface area contributed by atoms with E-state index in [-0.39, 0.29) is 29.7 Å². The molecule has 0 radical (unpaired) electrons. The lowest BCUT2D eigenvalue weighted by Crippen LogP contribution is -2.39. The van der Waals surface area contributed by atoms with Gasteiger partial charge in [-0.25, -0.2) is 0 Å². The van der Waals surface area contributed by atoms with Crippen molar-refractivity contribution >= 4 is 23.4 Å². The monoisotopic (exact) mass is 527 g/mol. The Morgan fingerprint density at radius 2 is 1.46 bits per heavy atom. The van der Waals surface area contributed by atoms with Gasteiger partial charge in [0.1, 0.15) is 0 Å². The first kappa shape index (κ1) is 29.6. The summed E-state index contributed by atoms with van der Waals surface area (Å²) in [7, 11) is 0. The lowest BCUT2D eigenvalue weighted by molar-refractivity contribution is -0.119. The summed E-state index contributed by atoms with van der Waals surface area (Å²) in [6, 6.07) is 24.3. The summed E-state index contributed by atoms with van der Waals surface area (Å²) in [5.41, 5.74) is 3.90. The zero-order chi connectivity index (χ0) is 28.2. The van der Waals surface area contributed by atoms with Crippen LogP contribution < -0.4 is 10.6 Å². The fourth-order valence-electron chi connectivity index (χ4n) is 4.63. The van der Waals surface area contributed by atoms with Gasteiger partial charge in [0.2, 0.25) is 5.91 Å². The van der Waals surface area contributed by atoms with E-state index in [0.717, 1.165) is 29.7 Å². The van der Waals surface area contributed by atoms with Crippen LogP contribution >= 0.6 is 0 Å². The van der Waals surface area contributed by atoms with Gasteiger partial charge in [0.05, 0.1) is 0 Å². The zero-order valence-electron chi connectivity index (χ0n) is 23.6. The number of aryl methyl sites for hydroxylation is 1. The molecule has 0 aliphatic rings. The molecule has 6 heteroatoms. The number of anilines is 1. The van der Waals surface area contributed by atoms with Crippen molar-refractivity contribution in [3.8, 4) is 0 Å². The molecule has 206 valence electrons. The van der Waals surface area contributed by atoms with E-state index < -0.39 is 0 Å². The van der Waals surface area contributed by atoms with Gasteiger partial charge in [0, 0.05) is 41.9 Å². The van der Waals surface area contributed by atoms with Gasteiger partial charge in [-0.05, 0) is 68.5 Å². The molecule has 39 heavy (non-hydrogen) atoms. The Bertz CT molecular complexity index is 1220.